The number of hydrogen-bond donors (Lipinski definition) is 1. The lowest BCUT2D eigenvalue weighted by molar-refractivity contribution is 0.392. The van der Waals surface area contributed by atoms with Crippen LogP contribution < -0.4 is 10.1 Å². The predicted molar refractivity (Wildman–Crippen MR) is 74.2 cm³/mol. The van der Waals surface area contributed by atoms with Crippen LogP contribution in [-0.4, -0.2) is 34.3 Å². The van der Waals surface area contributed by atoms with Gasteiger partial charge >= 0.3 is 0 Å². The van der Waals surface area contributed by atoms with Gasteiger partial charge in [0.05, 0.1) is 12.8 Å². The first kappa shape index (κ1) is 12.2. The van der Waals surface area contributed by atoms with Crippen molar-refractivity contribution in [1.82, 2.24) is 20.2 Å². The van der Waals surface area contributed by atoms with Crippen LogP contribution >= 0.6 is 11.8 Å². The van der Waals surface area contributed by atoms with Crippen LogP contribution in [0.15, 0.2) is 12.1 Å². The molecule has 0 aromatic carbocycles. The predicted octanol–water partition coefficient (Wildman–Crippen LogP) is 1.73. The summed E-state index contributed by atoms with van der Waals surface area (Å²) in [6.07, 6.45) is 0. The average molecular weight is 275 g/mol. The molecule has 1 aliphatic rings. The van der Waals surface area contributed by atoms with Gasteiger partial charge in [-0.05, 0) is 6.07 Å². The molecule has 0 fully saturated rings. The second-order valence-electron chi connectivity index (χ2n) is 4.02. The Labute approximate surface area is 115 Å². The van der Waals surface area contributed by atoms with Gasteiger partial charge in [-0.3, -0.25) is 0 Å². The summed E-state index contributed by atoms with van der Waals surface area (Å²) in [5, 5.41) is 11.2. The largest absolute Gasteiger partial charge is 0.480 e. The fraction of sp³-hybridized carbons (Fsp3) is 0.333. The number of thioether (sulfide) groups is 1. The first-order valence-corrected chi connectivity index (χ1v) is 7.00. The Morgan fingerprint density at radius 3 is 2.79 bits per heavy atom. The summed E-state index contributed by atoms with van der Waals surface area (Å²) in [7, 11) is 3.43. The molecule has 0 atom stereocenters. The number of anilines is 1. The molecule has 3 heterocycles. The maximum atomic E-state index is 4.99. The Morgan fingerprint density at radius 1 is 1.21 bits per heavy atom. The van der Waals surface area contributed by atoms with Gasteiger partial charge in [-0.2, -0.15) is 11.8 Å². The molecule has 0 radical (unpaired) electrons. The summed E-state index contributed by atoms with van der Waals surface area (Å²) in [4.78, 5) is 9.08. The molecule has 6 nitrogen and oxygen atoms in total. The van der Waals surface area contributed by atoms with Crippen LogP contribution in [0.1, 0.15) is 11.3 Å². The minimum absolute atomic E-state index is 0.481. The molecule has 0 saturated carbocycles. The van der Waals surface area contributed by atoms with Crippen LogP contribution in [0, 0.1) is 0 Å². The third-order valence-electron chi connectivity index (χ3n) is 2.89. The zero-order valence-electron chi connectivity index (χ0n) is 10.7. The molecule has 0 saturated heterocycles. The second kappa shape index (κ2) is 5.00. The summed E-state index contributed by atoms with van der Waals surface area (Å²) in [5.41, 5.74) is 2.92. The first-order chi connectivity index (χ1) is 9.31. The van der Waals surface area contributed by atoms with Gasteiger partial charge in [0.1, 0.15) is 11.5 Å². The molecule has 0 aliphatic carbocycles. The zero-order valence-corrected chi connectivity index (χ0v) is 11.5. The van der Waals surface area contributed by atoms with Gasteiger partial charge in [0, 0.05) is 30.2 Å². The molecular weight excluding hydrogens is 262 g/mol. The standard InChI is InChI=1S/C12H13N5OS/c1-13-11-7-5-19-6-9(7)14-12(15-11)8-3-4-10(18-2)17-16-8/h3-4H,5-6H2,1-2H3,(H,13,14,15). The summed E-state index contributed by atoms with van der Waals surface area (Å²) < 4.78 is 4.99. The fourth-order valence-electron chi connectivity index (χ4n) is 1.92. The lowest BCUT2D eigenvalue weighted by atomic mass is 10.2. The van der Waals surface area contributed by atoms with E-state index in [9.17, 15) is 0 Å². The molecule has 98 valence electrons. The molecule has 0 spiro atoms. The molecule has 7 heteroatoms. The number of ether oxygens (including phenoxy) is 1. The Hall–Kier alpha value is -1.89. The van der Waals surface area contributed by atoms with Crippen molar-refractivity contribution in [3.63, 3.8) is 0 Å². The normalized spacial score (nSPS) is 13.2. The highest BCUT2D eigenvalue weighted by atomic mass is 32.2. The number of fused-ring (bicyclic) bond motifs is 1. The van der Waals surface area contributed by atoms with Gasteiger partial charge in [-0.15, -0.1) is 10.2 Å². The van der Waals surface area contributed by atoms with Crippen molar-refractivity contribution in [2.45, 2.75) is 11.5 Å². The molecule has 0 bridgehead atoms. The van der Waals surface area contributed by atoms with E-state index < -0.39 is 0 Å². The summed E-state index contributed by atoms with van der Waals surface area (Å²) in [5.74, 6) is 3.83. The van der Waals surface area contributed by atoms with E-state index in [2.05, 4.69) is 25.5 Å². The van der Waals surface area contributed by atoms with Crippen LogP contribution in [0.2, 0.25) is 0 Å². The molecule has 0 unspecified atom stereocenters. The highest BCUT2D eigenvalue weighted by Crippen LogP contribution is 2.33. The van der Waals surface area contributed by atoms with Crippen LogP contribution in [0.5, 0.6) is 5.88 Å². The van der Waals surface area contributed by atoms with E-state index in [1.54, 1.807) is 13.2 Å². The van der Waals surface area contributed by atoms with Crippen molar-refractivity contribution in [2.75, 3.05) is 19.5 Å². The maximum absolute atomic E-state index is 4.99. The lowest BCUT2D eigenvalue weighted by Gasteiger charge is -2.08. The van der Waals surface area contributed by atoms with Gasteiger partial charge in [0.15, 0.2) is 5.82 Å². The van der Waals surface area contributed by atoms with Crippen molar-refractivity contribution in [3.8, 4) is 17.4 Å². The van der Waals surface area contributed by atoms with Gasteiger partial charge in [0.25, 0.3) is 0 Å². The number of aromatic nitrogens is 4. The van der Waals surface area contributed by atoms with Crippen LogP contribution in [0.25, 0.3) is 11.5 Å². The van der Waals surface area contributed by atoms with E-state index in [1.807, 2.05) is 24.9 Å². The van der Waals surface area contributed by atoms with Crippen molar-refractivity contribution in [3.05, 3.63) is 23.4 Å². The van der Waals surface area contributed by atoms with Gasteiger partial charge in [0.2, 0.25) is 5.88 Å². The number of nitrogens with one attached hydrogen (secondary N) is 1. The molecular formula is C12H13N5OS. The Morgan fingerprint density at radius 2 is 2.11 bits per heavy atom. The van der Waals surface area contributed by atoms with Crippen molar-refractivity contribution in [1.29, 1.82) is 0 Å². The van der Waals surface area contributed by atoms with Crippen LogP contribution in [-0.2, 0) is 11.5 Å². The van der Waals surface area contributed by atoms with Crippen molar-refractivity contribution < 1.29 is 4.74 Å². The monoisotopic (exact) mass is 275 g/mol. The maximum Gasteiger partial charge on any atom is 0.233 e. The number of nitrogens with zero attached hydrogens (tertiary/aromatic N) is 4. The molecule has 1 aliphatic heterocycles. The third-order valence-corrected chi connectivity index (χ3v) is 3.86. The highest BCUT2D eigenvalue weighted by Gasteiger charge is 2.20. The fourth-order valence-corrected chi connectivity index (χ4v) is 2.96. The van der Waals surface area contributed by atoms with E-state index in [4.69, 9.17) is 4.74 Å². The Balaban J connectivity index is 2.04. The SMILES string of the molecule is CNc1nc(-c2ccc(OC)nn2)nc2c1CSC2. The van der Waals surface area contributed by atoms with E-state index in [1.165, 1.54) is 5.56 Å². The molecule has 3 rings (SSSR count). The minimum Gasteiger partial charge on any atom is -0.480 e. The number of rotatable bonds is 3. The van der Waals surface area contributed by atoms with E-state index in [-0.39, 0.29) is 0 Å². The summed E-state index contributed by atoms with van der Waals surface area (Å²) >= 11 is 1.84. The third kappa shape index (κ3) is 2.21. The second-order valence-corrected chi connectivity index (χ2v) is 5.01. The average Bonchev–Trinajstić information content (AvgIpc) is 2.94. The molecule has 2 aromatic heterocycles. The first-order valence-electron chi connectivity index (χ1n) is 5.85. The molecule has 19 heavy (non-hydrogen) atoms. The molecule has 1 N–H and O–H groups in total. The topological polar surface area (TPSA) is 72.8 Å². The van der Waals surface area contributed by atoms with E-state index in [0.717, 1.165) is 23.0 Å². The number of hydrogen-bond acceptors (Lipinski definition) is 7. The van der Waals surface area contributed by atoms with Crippen molar-refractivity contribution >= 4 is 17.6 Å². The molecule has 2 aromatic rings. The Bertz CT molecular complexity index is 602. The number of methoxy groups -OCH3 is 1. The summed E-state index contributed by atoms with van der Waals surface area (Å²) in [6.45, 7) is 0. The van der Waals surface area contributed by atoms with Crippen LogP contribution in [0.3, 0.4) is 0 Å². The van der Waals surface area contributed by atoms with Crippen LogP contribution in [0.4, 0.5) is 5.82 Å². The highest BCUT2D eigenvalue weighted by molar-refractivity contribution is 7.98. The van der Waals surface area contributed by atoms with E-state index in [0.29, 0.717) is 17.4 Å². The summed E-state index contributed by atoms with van der Waals surface area (Å²) in [6, 6.07) is 3.57. The Kier molecular flexibility index (Phi) is 3.20. The quantitative estimate of drug-likeness (QED) is 0.914. The molecule has 0 amide bonds. The van der Waals surface area contributed by atoms with Crippen molar-refractivity contribution in [2.24, 2.45) is 0 Å². The van der Waals surface area contributed by atoms with E-state index >= 15 is 0 Å². The van der Waals surface area contributed by atoms with Gasteiger partial charge in [-0.1, -0.05) is 0 Å². The smallest absolute Gasteiger partial charge is 0.233 e. The zero-order chi connectivity index (χ0) is 13.2. The lowest BCUT2D eigenvalue weighted by Crippen LogP contribution is -2.04. The minimum atomic E-state index is 0.481. The van der Waals surface area contributed by atoms with Gasteiger partial charge in [-0.25, -0.2) is 9.97 Å². The van der Waals surface area contributed by atoms with Gasteiger partial charge < -0.3 is 10.1 Å².